The van der Waals surface area contributed by atoms with Gasteiger partial charge in [-0.2, -0.15) is 4.31 Å². The van der Waals surface area contributed by atoms with Crippen LogP contribution in [0.5, 0.6) is 0 Å². The summed E-state index contributed by atoms with van der Waals surface area (Å²) in [5, 5.41) is 7.55. The van der Waals surface area contributed by atoms with Crippen LogP contribution in [0.3, 0.4) is 0 Å². The number of hydrogen-bond donors (Lipinski definition) is 2. The van der Waals surface area contributed by atoms with E-state index in [9.17, 15) is 18.0 Å². The average Bonchev–Trinajstić information content (AvgIpc) is 3.21. The van der Waals surface area contributed by atoms with Gasteiger partial charge in [-0.15, -0.1) is 11.3 Å². The highest BCUT2D eigenvalue weighted by Gasteiger charge is 2.33. The van der Waals surface area contributed by atoms with Crippen molar-refractivity contribution < 1.29 is 18.0 Å². The summed E-state index contributed by atoms with van der Waals surface area (Å²) >= 11 is 1.65. The Balaban J connectivity index is 1.59. The fraction of sp³-hybridized carbons (Fsp3) is 0.400. The average molecular weight is 436 g/mol. The summed E-state index contributed by atoms with van der Waals surface area (Å²) in [6.45, 7) is 2.52. The van der Waals surface area contributed by atoms with E-state index in [0.717, 1.165) is 6.42 Å². The van der Waals surface area contributed by atoms with Crippen LogP contribution >= 0.6 is 11.3 Å². The lowest BCUT2D eigenvalue weighted by Crippen LogP contribution is -2.45. The van der Waals surface area contributed by atoms with Crippen LogP contribution in [0.2, 0.25) is 0 Å². The molecule has 1 unspecified atom stereocenters. The number of carbonyl (C=O) groups is 2. The third kappa shape index (κ3) is 5.65. The molecule has 1 aliphatic rings. The minimum atomic E-state index is -3.69. The van der Waals surface area contributed by atoms with Gasteiger partial charge in [-0.25, -0.2) is 8.42 Å². The molecule has 0 saturated carbocycles. The standard InChI is InChI=1S/C20H25N3O4S2/c1-15(24)22-17-6-8-19(9-7-17)29(26,27)23-12-2-4-16(14-23)20(25)21-11-10-18-5-3-13-28-18/h3,5-9,13,16H,2,4,10-12,14H2,1H3,(H,21,25)(H,22,24). The molecule has 0 spiro atoms. The highest BCUT2D eigenvalue weighted by atomic mass is 32.2. The summed E-state index contributed by atoms with van der Waals surface area (Å²) in [5.74, 6) is -0.660. The lowest BCUT2D eigenvalue weighted by atomic mass is 9.99. The Hall–Kier alpha value is -2.23. The maximum atomic E-state index is 13.0. The van der Waals surface area contributed by atoms with E-state index in [4.69, 9.17) is 0 Å². The van der Waals surface area contributed by atoms with Crippen LogP contribution in [0, 0.1) is 5.92 Å². The Morgan fingerprint density at radius 2 is 1.97 bits per heavy atom. The number of anilines is 1. The lowest BCUT2D eigenvalue weighted by molar-refractivity contribution is -0.126. The molecule has 156 valence electrons. The van der Waals surface area contributed by atoms with Crippen LogP contribution in [0.1, 0.15) is 24.6 Å². The van der Waals surface area contributed by atoms with Gasteiger partial charge in [-0.1, -0.05) is 6.07 Å². The molecule has 7 nitrogen and oxygen atoms in total. The van der Waals surface area contributed by atoms with Gasteiger partial charge in [0.25, 0.3) is 0 Å². The first-order chi connectivity index (χ1) is 13.9. The third-order valence-electron chi connectivity index (χ3n) is 4.82. The first kappa shape index (κ1) is 21.5. The minimum absolute atomic E-state index is 0.0949. The van der Waals surface area contributed by atoms with E-state index in [1.165, 1.54) is 28.2 Å². The monoisotopic (exact) mass is 435 g/mol. The van der Waals surface area contributed by atoms with Gasteiger partial charge in [0, 0.05) is 37.1 Å². The van der Waals surface area contributed by atoms with Crippen molar-refractivity contribution in [1.82, 2.24) is 9.62 Å². The summed E-state index contributed by atoms with van der Waals surface area (Å²) in [5.41, 5.74) is 0.540. The second kappa shape index (κ2) is 9.51. The Morgan fingerprint density at radius 1 is 1.21 bits per heavy atom. The highest BCUT2D eigenvalue weighted by molar-refractivity contribution is 7.89. The van der Waals surface area contributed by atoms with E-state index in [-0.39, 0.29) is 29.2 Å². The molecule has 1 fully saturated rings. The maximum absolute atomic E-state index is 13.0. The molecular formula is C20H25N3O4S2. The maximum Gasteiger partial charge on any atom is 0.243 e. The van der Waals surface area contributed by atoms with Gasteiger partial charge in [-0.05, 0) is 55.0 Å². The number of carbonyl (C=O) groups excluding carboxylic acids is 2. The van der Waals surface area contributed by atoms with Gasteiger partial charge in [-0.3, -0.25) is 9.59 Å². The lowest BCUT2D eigenvalue weighted by Gasteiger charge is -2.31. The van der Waals surface area contributed by atoms with Gasteiger partial charge >= 0.3 is 0 Å². The number of sulfonamides is 1. The van der Waals surface area contributed by atoms with Crippen molar-refractivity contribution in [2.75, 3.05) is 25.0 Å². The molecule has 0 bridgehead atoms. The number of benzene rings is 1. The van der Waals surface area contributed by atoms with Crippen LogP contribution in [-0.2, 0) is 26.0 Å². The Kier molecular flexibility index (Phi) is 7.05. The summed E-state index contributed by atoms with van der Waals surface area (Å²) < 4.78 is 27.3. The van der Waals surface area contributed by atoms with E-state index < -0.39 is 10.0 Å². The number of amides is 2. The number of nitrogens with zero attached hydrogens (tertiary/aromatic N) is 1. The van der Waals surface area contributed by atoms with Crippen molar-refractivity contribution in [2.24, 2.45) is 5.92 Å². The fourth-order valence-corrected chi connectivity index (χ4v) is 5.58. The van der Waals surface area contributed by atoms with Gasteiger partial charge in [0.2, 0.25) is 21.8 Å². The third-order valence-corrected chi connectivity index (χ3v) is 7.63. The van der Waals surface area contributed by atoms with E-state index in [0.29, 0.717) is 31.6 Å². The van der Waals surface area contributed by atoms with E-state index >= 15 is 0 Å². The largest absolute Gasteiger partial charge is 0.355 e. The summed E-state index contributed by atoms with van der Waals surface area (Å²) in [4.78, 5) is 25.0. The second-order valence-electron chi connectivity index (χ2n) is 7.03. The van der Waals surface area contributed by atoms with Gasteiger partial charge in [0.15, 0.2) is 0 Å². The van der Waals surface area contributed by atoms with E-state index in [1.54, 1.807) is 23.5 Å². The van der Waals surface area contributed by atoms with Crippen molar-refractivity contribution in [3.8, 4) is 0 Å². The number of rotatable bonds is 7. The highest BCUT2D eigenvalue weighted by Crippen LogP contribution is 2.25. The number of hydrogen-bond acceptors (Lipinski definition) is 5. The number of piperidine rings is 1. The summed E-state index contributed by atoms with van der Waals surface area (Å²) in [6, 6.07) is 10.1. The Bertz CT molecular complexity index is 941. The van der Waals surface area contributed by atoms with Crippen molar-refractivity contribution in [3.05, 3.63) is 46.7 Å². The second-order valence-corrected chi connectivity index (χ2v) is 10.00. The molecule has 2 amide bonds. The molecule has 9 heteroatoms. The first-order valence-corrected chi connectivity index (χ1v) is 11.9. The minimum Gasteiger partial charge on any atom is -0.355 e. The predicted octanol–water partition coefficient (Wildman–Crippen LogP) is 2.47. The molecule has 2 heterocycles. The quantitative estimate of drug-likeness (QED) is 0.698. The van der Waals surface area contributed by atoms with Crippen molar-refractivity contribution in [2.45, 2.75) is 31.1 Å². The normalized spacial score (nSPS) is 17.6. The molecule has 0 radical (unpaired) electrons. The summed E-state index contributed by atoms with van der Waals surface area (Å²) in [6.07, 6.45) is 2.10. The SMILES string of the molecule is CC(=O)Nc1ccc(S(=O)(=O)N2CCCC(C(=O)NCCc3cccs3)C2)cc1. The molecule has 2 aromatic rings. The number of thiophene rings is 1. The zero-order valence-corrected chi connectivity index (χ0v) is 17.9. The molecule has 1 aromatic carbocycles. The topological polar surface area (TPSA) is 95.6 Å². The molecule has 1 atom stereocenters. The Labute approximate surface area is 175 Å². The van der Waals surface area contributed by atoms with Crippen LogP contribution in [0.4, 0.5) is 5.69 Å². The van der Waals surface area contributed by atoms with Crippen LogP contribution in [-0.4, -0.2) is 44.2 Å². The summed E-state index contributed by atoms with van der Waals surface area (Å²) in [7, 11) is -3.69. The fourth-order valence-electron chi connectivity index (χ4n) is 3.35. The van der Waals surface area contributed by atoms with Crippen molar-refractivity contribution >= 4 is 38.9 Å². The van der Waals surface area contributed by atoms with Crippen LogP contribution in [0.25, 0.3) is 0 Å². The number of nitrogens with one attached hydrogen (secondary N) is 2. The molecule has 1 aliphatic heterocycles. The van der Waals surface area contributed by atoms with Gasteiger partial charge in [0.05, 0.1) is 10.8 Å². The first-order valence-electron chi connectivity index (χ1n) is 9.54. The molecule has 0 aliphatic carbocycles. The van der Waals surface area contributed by atoms with E-state index in [1.807, 2.05) is 17.5 Å². The molecule has 1 saturated heterocycles. The molecule has 3 rings (SSSR count). The van der Waals surface area contributed by atoms with Crippen molar-refractivity contribution in [3.63, 3.8) is 0 Å². The van der Waals surface area contributed by atoms with Crippen LogP contribution < -0.4 is 10.6 Å². The van der Waals surface area contributed by atoms with Gasteiger partial charge in [0.1, 0.15) is 0 Å². The zero-order chi connectivity index (χ0) is 20.9. The smallest absolute Gasteiger partial charge is 0.243 e. The van der Waals surface area contributed by atoms with E-state index in [2.05, 4.69) is 10.6 Å². The zero-order valence-electron chi connectivity index (χ0n) is 16.3. The Morgan fingerprint density at radius 3 is 2.62 bits per heavy atom. The molecule has 1 aromatic heterocycles. The van der Waals surface area contributed by atoms with Crippen LogP contribution in [0.15, 0.2) is 46.7 Å². The molecule has 2 N–H and O–H groups in total. The van der Waals surface area contributed by atoms with Crippen molar-refractivity contribution in [1.29, 1.82) is 0 Å². The van der Waals surface area contributed by atoms with Gasteiger partial charge < -0.3 is 10.6 Å². The predicted molar refractivity (Wildman–Crippen MR) is 113 cm³/mol. The molecular weight excluding hydrogens is 410 g/mol. The molecule has 29 heavy (non-hydrogen) atoms.